The van der Waals surface area contributed by atoms with Crippen LogP contribution in [0.15, 0.2) is 53.4 Å². The number of nitrogens with zero attached hydrogens (tertiary/aromatic N) is 1. The van der Waals surface area contributed by atoms with E-state index in [9.17, 15) is 9.59 Å². The van der Waals surface area contributed by atoms with Gasteiger partial charge in [-0.1, -0.05) is 61.7 Å². The van der Waals surface area contributed by atoms with Crippen LogP contribution in [0.25, 0.3) is 6.08 Å². The van der Waals surface area contributed by atoms with E-state index in [1.807, 2.05) is 37.3 Å². The Morgan fingerprint density at radius 2 is 1.94 bits per heavy atom. The number of aryl methyl sites for hydroxylation is 1. The van der Waals surface area contributed by atoms with Crippen LogP contribution in [0.3, 0.4) is 0 Å². The van der Waals surface area contributed by atoms with Gasteiger partial charge in [0.25, 0.3) is 11.8 Å². The molecular formula is C27H32N2O2S. The molecule has 2 fully saturated rings. The van der Waals surface area contributed by atoms with Gasteiger partial charge >= 0.3 is 0 Å². The first-order valence-corrected chi connectivity index (χ1v) is 12.6. The Bertz CT molecular complexity index is 999. The van der Waals surface area contributed by atoms with E-state index in [0.29, 0.717) is 29.9 Å². The molecule has 2 atom stereocenters. The highest BCUT2D eigenvalue weighted by Crippen LogP contribution is 2.42. The lowest BCUT2D eigenvalue weighted by Crippen LogP contribution is -2.50. The lowest BCUT2D eigenvalue weighted by atomic mass is 9.92. The molecule has 2 aliphatic rings. The van der Waals surface area contributed by atoms with E-state index in [1.54, 1.807) is 11.8 Å². The number of benzene rings is 2. The maximum Gasteiger partial charge on any atom is 0.260 e. The summed E-state index contributed by atoms with van der Waals surface area (Å²) < 4.78 is 0. The van der Waals surface area contributed by atoms with Gasteiger partial charge in [0.1, 0.15) is 0 Å². The lowest BCUT2D eigenvalue weighted by Gasteiger charge is -2.44. The summed E-state index contributed by atoms with van der Waals surface area (Å²) in [6.07, 6.45) is 7.57. The summed E-state index contributed by atoms with van der Waals surface area (Å²) in [6.45, 7) is 5.47. The van der Waals surface area contributed by atoms with E-state index in [1.165, 1.54) is 24.0 Å². The summed E-state index contributed by atoms with van der Waals surface area (Å²) in [5.41, 5.74) is 4.02. The number of carbonyl (C=O) groups excluding carboxylic acids is 2. The van der Waals surface area contributed by atoms with Crippen molar-refractivity contribution in [3.05, 3.63) is 75.7 Å². The molecule has 1 aliphatic heterocycles. The Morgan fingerprint density at radius 1 is 1.16 bits per heavy atom. The van der Waals surface area contributed by atoms with Gasteiger partial charge in [0.05, 0.1) is 4.91 Å². The summed E-state index contributed by atoms with van der Waals surface area (Å²) in [6, 6.07) is 16.3. The van der Waals surface area contributed by atoms with Crippen molar-refractivity contribution in [3.63, 3.8) is 0 Å². The van der Waals surface area contributed by atoms with E-state index in [4.69, 9.17) is 0 Å². The van der Waals surface area contributed by atoms with Gasteiger partial charge in [0.15, 0.2) is 0 Å². The predicted molar refractivity (Wildman–Crippen MR) is 132 cm³/mol. The SMILES string of the molecule is CCCNC(=O)c1ccc(/C=C2/SC3CCCCC3N(Cc3cccc(C)c3)C2=O)cc1. The fourth-order valence-electron chi connectivity index (χ4n) is 4.59. The van der Waals surface area contributed by atoms with E-state index in [2.05, 4.69) is 41.4 Å². The average molecular weight is 449 g/mol. The fraction of sp³-hybridized carbons (Fsp3) is 0.407. The Labute approximate surface area is 195 Å². The van der Waals surface area contributed by atoms with Crippen LogP contribution in [0.5, 0.6) is 0 Å². The van der Waals surface area contributed by atoms with E-state index >= 15 is 0 Å². The van der Waals surface area contributed by atoms with Gasteiger partial charge in [-0.2, -0.15) is 0 Å². The monoisotopic (exact) mass is 448 g/mol. The van der Waals surface area contributed by atoms with Crippen molar-refractivity contribution in [3.8, 4) is 0 Å². The van der Waals surface area contributed by atoms with Crippen molar-refractivity contribution < 1.29 is 9.59 Å². The van der Waals surface area contributed by atoms with Crippen LogP contribution in [-0.4, -0.2) is 34.6 Å². The number of hydrogen-bond acceptors (Lipinski definition) is 3. The van der Waals surface area contributed by atoms with E-state index < -0.39 is 0 Å². The van der Waals surface area contributed by atoms with Crippen LogP contribution in [0.2, 0.25) is 0 Å². The van der Waals surface area contributed by atoms with Crippen LogP contribution < -0.4 is 5.32 Å². The van der Waals surface area contributed by atoms with E-state index in [0.717, 1.165) is 29.7 Å². The van der Waals surface area contributed by atoms with Gasteiger partial charge in [0.2, 0.25) is 0 Å². The summed E-state index contributed by atoms with van der Waals surface area (Å²) in [5, 5.41) is 3.36. The van der Waals surface area contributed by atoms with Gasteiger partial charge in [-0.25, -0.2) is 0 Å². The number of thioether (sulfide) groups is 1. The van der Waals surface area contributed by atoms with Gasteiger partial charge in [-0.05, 0) is 55.5 Å². The third-order valence-electron chi connectivity index (χ3n) is 6.26. The molecule has 4 rings (SSSR count). The van der Waals surface area contributed by atoms with Crippen molar-refractivity contribution in [1.82, 2.24) is 10.2 Å². The standard InChI is InChI=1S/C27H32N2O2S/c1-3-15-28-26(30)22-13-11-20(12-14-22)17-25-27(31)29(18-21-8-6-7-19(2)16-21)23-9-4-5-10-24(23)32-25/h6-8,11-14,16-17,23-24H,3-5,9-10,15,18H2,1-2H3,(H,28,30)/b25-17+. The topological polar surface area (TPSA) is 49.4 Å². The molecule has 4 nitrogen and oxygen atoms in total. The minimum Gasteiger partial charge on any atom is -0.352 e. The Balaban J connectivity index is 1.56. The van der Waals surface area contributed by atoms with Crippen LogP contribution >= 0.6 is 11.8 Å². The minimum atomic E-state index is -0.0523. The molecule has 1 saturated carbocycles. The molecule has 0 aromatic heterocycles. The Hall–Kier alpha value is -2.53. The summed E-state index contributed by atoms with van der Waals surface area (Å²) >= 11 is 1.75. The molecular weight excluding hydrogens is 416 g/mol. The molecule has 2 unspecified atom stereocenters. The number of hydrogen-bond donors (Lipinski definition) is 1. The summed E-state index contributed by atoms with van der Waals surface area (Å²) in [4.78, 5) is 28.6. The number of amides is 2. The van der Waals surface area contributed by atoms with Crippen LogP contribution in [0.1, 0.15) is 66.1 Å². The molecule has 2 amide bonds. The molecule has 0 radical (unpaired) electrons. The minimum absolute atomic E-state index is 0.0523. The number of carbonyl (C=O) groups is 2. The van der Waals surface area contributed by atoms with Gasteiger partial charge in [0, 0.05) is 29.9 Å². The smallest absolute Gasteiger partial charge is 0.260 e. The second kappa shape index (κ2) is 10.4. The molecule has 1 heterocycles. The molecule has 0 bridgehead atoms. The van der Waals surface area contributed by atoms with Gasteiger partial charge in [-0.3, -0.25) is 9.59 Å². The van der Waals surface area contributed by atoms with Crippen molar-refractivity contribution in [2.24, 2.45) is 0 Å². The highest BCUT2D eigenvalue weighted by Gasteiger charge is 2.40. The molecule has 0 spiro atoms. The average Bonchev–Trinajstić information content (AvgIpc) is 2.80. The highest BCUT2D eigenvalue weighted by atomic mass is 32.2. The predicted octanol–water partition coefficient (Wildman–Crippen LogP) is 5.56. The maximum absolute atomic E-state index is 13.5. The highest BCUT2D eigenvalue weighted by molar-refractivity contribution is 8.04. The zero-order chi connectivity index (χ0) is 22.5. The zero-order valence-electron chi connectivity index (χ0n) is 19.0. The Morgan fingerprint density at radius 3 is 2.69 bits per heavy atom. The maximum atomic E-state index is 13.5. The Kier molecular flexibility index (Phi) is 7.36. The molecule has 5 heteroatoms. The molecule has 2 aromatic carbocycles. The fourth-order valence-corrected chi connectivity index (χ4v) is 6.06. The van der Waals surface area contributed by atoms with Crippen molar-refractivity contribution in [2.75, 3.05) is 6.54 Å². The number of rotatable bonds is 6. The normalized spacial score (nSPS) is 22.0. The van der Waals surface area contributed by atoms with Crippen LogP contribution in [0.4, 0.5) is 0 Å². The van der Waals surface area contributed by atoms with Gasteiger partial charge in [-0.15, -0.1) is 11.8 Å². The molecule has 1 N–H and O–H groups in total. The molecule has 168 valence electrons. The number of nitrogens with one attached hydrogen (secondary N) is 1. The van der Waals surface area contributed by atoms with Gasteiger partial charge < -0.3 is 10.2 Å². The van der Waals surface area contributed by atoms with Crippen LogP contribution in [0, 0.1) is 6.92 Å². The second-order valence-electron chi connectivity index (χ2n) is 8.82. The molecule has 32 heavy (non-hydrogen) atoms. The van der Waals surface area contributed by atoms with Crippen LogP contribution in [-0.2, 0) is 11.3 Å². The second-order valence-corrected chi connectivity index (χ2v) is 10.1. The third kappa shape index (κ3) is 5.26. The first kappa shape index (κ1) is 22.7. The third-order valence-corrected chi connectivity index (χ3v) is 7.66. The first-order valence-electron chi connectivity index (χ1n) is 11.7. The molecule has 2 aromatic rings. The van der Waals surface area contributed by atoms with Crippen molar-refractivity contribution in [2.45, 2.75) is 63.8 Å². The zero-order valence-corrected chi connectivity index (χ0v) is 19.8. The quantitative estimate of drug-likeness (QED) is 0.589. The molecule has 1 aliphatic carbocycles. The lowest BCUT2D eigenvalue weighted by molar-refractivity contribution is -0.130. The summed E-state index contributed by atoms with van der Waals surface area (Å²) in [5.74, 6) is 0.0768. The first-order chi connectivity index (χ1) is 15.5. The van der Waals surface area contributed by atoms with Crippen molar-refractivity contribution in [1.29, 1.82) is 0 Å². The summed E-state index contributed by atoms with van der Waals surface area (Å²) in [7, 11) is 0. The number of fused-ring (bicyclic) bond motifs is 1. The molecule has 1 saturated heterocycles. The van der Waals surface area contributed by atoms with E-state index in [-0.39, 0.29) is 11.8 Å². The largest absolute Gasteiger partial charge is 0.352 e. The van der Waals surface area contributed by atoms with Crippen molar-refractivity contribution >= 4 is 29.7 Å².